The number of carbonyl (C=O) groups is 1. The van der Waals surface area contributed by atoms with Crippen LogP contribution >= 0.6 is 22.7 Å². The molecule has 3 aromatic rings. The summed E-state index contributed by atoms with van der Waals surface area (Å²) >= 11 is 2.89. The maximum absolute atomic E-state index is 12.3. The van der Waals surface area contributed by atoms with Crippen LogP contribution in [0.25, 0.3) is 10.6 Å². The lowest BCUT2D eigenvalue weighted by Crippen LogP contribution is -2.12. The van der Waals surface area contributed by atoms with Crippen molar-refractivity contribution < 1.29 is 4.79 Å². The minimum Gasteiger partial charge on any atom is -0.295 e. The van der Waals surface area contributed by atoms with Gasteiger partial charge in [0.15, 0.2) is 0 Å². The Bertz CT molecular complexity index is 809. The third kappa shape index (κ3) is 3.68. The lowest BCUT2D eigenvalue weighted by molar-refractivity contribution is 0.102. The van der Waals surface area contributed by atoms with Crippen molar-refractivity contribution in [3.63, 3.8) is 0 Å². The van der Waals surface area contributed by atoms with Gasteiger partial charge in [0.05, 0.1) is 0 Å². The van der Waals surface area contributed by atoms with E-state index in [1.807, 2.05) is 30.3 Å². The van der Waals surface area contributed by atoms with Crippen LogP contribution in [0.2, 0.25) is 0 Å². The van der Waals surface area contributed by atoms with Gasteiger partial charge in [-0.25, -0.2) is 4.98 Å². The van der Waals surface area contributed by atoms with E-state index in [2.05, 4.69) is 34.3 Å². The van der Waals surface area contributed by atoms with Crippen LogP contribution in [0.1, 0.15) is 48.1 Å². The second-order valence-corrected chi connectivity index (χ2v) is 7.18. The maximum atomic E-state index is 12.3. The molecule has 0 aliphatic carbocycles. The first kappa shape index (κ1) is 16.7. The molecular weight excluding hydrogens is 340 g/mol. The van der Waals surface area contributed by atoms with Crippen LogP contribution in [0.4, 0.5) is 5.13 Å². The summed E-state index contributed by atoms with van der Waals surface area (Å²) < 4.78 is 0. The zero-order chi connectivity index (χ0) is 16.9. The minimum atomic E-state index is -0.249. The SMILES string of the molecule is CCC(CC)c1nnc(NC(=O)c2csc(-c3ccccc3)n2)s1. The van der Waals surface area contributed by atoms with Crippen LogP contribution in [-0.4, -0.2) is 21.1 Å². The molecular formula is C17H18N4OS2. The Labute approximate surface area is 148 Å². The molecule has 0 atom stereocenters. The van der Waals surface area contributed by atoms with E-state index in [-0.39, 0.29) is 5.91 Å². The van der Waals surface area contributed by atoms with Crippen LogP contribution < -0.4 is 5.32 Å². The van der Waals surface area contributed by atoms with Crippen molar-refractivity contribution in [1.82, 2.24) is 15.2 Å². The predicted molar refractivity (Wildman–Crippen MR) is 98.7 cm³/mol. The maximum Gasteiger partial charge on any atom is 0.276 e. The fourth-order valence-corrected chi connectivity index (χ4v) is 4.15. The third-order valence-electron chi connectivity index (χ3n) is 3.75. The number of anilines is 1. The fraction of sp³-hybridized carbons (Fsp3) is 0.294. The average molecular weight is 358 g/mol. The molecule has 0 spiro atoms. The second kappa shape index (κ2) is 7.63. The summed E-state index contributed by atoms with van der Waals surface area (Å²) in [5.41, 5.74) is 1.41. The van der Waals surface area contributed by atoms with Gasteiger partial charge in [-0.1, -0.05) is 55.5 Å². The molecule has 1 amide bonds. The number of rotatable bonds is 6. The molecule has 0 fully saturated rings. The molecule has 0 aliphatic heterocycles. The van der Waals surface area contributed by atoms with Crippen molar-refractivity contribution in [1.29, 1.82) is 0 Å². The molecule has 0 radical (unpaired) electrons. The van der Waals surface area contributed by atoms with E-state index in [1.165, 1.54) is 22.7 Å². The molecule has 7 heteroatoms. The third-order valence-corrected chi connectivity index (χ3v) is 5.65. The standard InChI is InChI=1S/C17H18N4OS2/c1-3-11(4-2)16-20-21-17(24-16)19-14(22)13-10-23-15(18-13)12-8-6-5-7-9-12/h5-11H,3-4H2,1-2H3,(H,19,21,22). The Balaban J connectivity index is 1.71. The zero-order valence-electron chi connectivity index (χ0n) is 13.5. The van der Waals surface area contributed by atoms with E-state index in [1.54, 1.807) is 5.38 Å². The molecule has 1 aromatic carbocycles. The molecule has 2 aromatic heterocycles. The molecule has 0 saturated heterocycles. The predicted octanol–water partition coefficient (Wildman–Crippen LogP) is 4.82. The highest BCUT2D eigenvalue weighted by atomic mass is 32.1. The van der Waals surface area contributed by atoms with Gasteiger partial charge in [-0.2, -0.15) is 0 Å². The van der Waals surface area contributed by atoms with Crippen molar-refractivity contribution in [2.24, 2.45) is 0 Å². The summed E-state index contributed by atoms with van der Waals surface area (Å²) in [6, 6.07) is 9.83. The number of thiazole rings is 1. The highest BCUT2D eigenvalue weighted by molar-refractivity contribution is 7.15. The van der Waals surface area contributed by atoms with E-state index in [4.69, 9.17) is 0 Å². The van der Waals surface area contributed by atoms with Gasteiger partial charge >= 0.3 is 0 Å². The lowest BCUT2D eigenvalue weighted by atomic mass is 10.1. The lowest BCUT2D eigenvalue weighted by Gasteiger charge is -2.05. The van der Waals surface area contributed by atoms with Crippen LogP contribution in [0.3, 0.4) is 0 Å². The van der Waals surface area contributed by atoms with Crippen molar-refractivity contribution in [3.05, 3.63) is 46.4 Å². The number of amides is 1. The van der Waals surface area contributed by atoms with Gasteiger partial charge in [0, 0.05) is 16.9 Å². The van der Waals surface area contributed by atoms with Gasteiger partial charge in [-0.3, -0.25) is 10.1 Å². The molecule has 24 heavy (non-hydrogen) atoms. The van der Waals surface area contributed by atoms with Crippen molar-refractivity contribution in [3.8, 4) is 10.6 Å². The second-order valence-electron chi connectivity index (χ2n) is 5.32. The quantitative estimate of drug-likeness (QED) is 0.686. The summed E-state index contributed by atoms with van der Waals surface area (Å²) in [5, 5.41) is 15.2. The Morgan fingerprint density at radius 3 is 2.62 bits per heavy atom. The Morgan fingerprint density at radius 2 is 1.92 bits per heavy atom. The van der Waals surface area contributed by atoms with Crippen molar-refractivity contribution >= 4 is 33.7 Å². The van der Waals surface area contributed by atoms with Crippen LogP contribution in [-0.2, 0) is 0 Å². The summed E-state index contributed by atoms with van der Waals surface area (Å²) in [6.07, 6.45) is 2.04. The Morgan fingerprint density at radius 1 is 1.17 bits per heavy atom. The number of nitrogens with zero attached hydrogens (tertiary/aromatic N) is 3. The highest BCUT2D eigenvalue weighted by Crippen LogP contribution is 2.28. The molecule has 2 heterocycles. The van der Waals surface area contributed by atoms with Gasteiger partial charge in [-0.15, -0.1) is 21.5 Å². The van der Waals surface area contributed by atoms with Gasteiger partial charge in [0.2, 0.25) is 5.13 Å². The van der Waals surface area contributed by atoms with Gasteiger partial charge < -0.3 is 0 Å². The van der Waals surface area contributed by atoms with Gasteiger partial charge in [0.25, 0.3) is 5.91 Å². The van der Waals surface area contributed by atoms with Crippen LogP contribution in [0.15, 0.2) is 35.7 Å². The first-order chi connectivity index (χ1) is 11.7. The van der Waals surface area contributed by atoms with Crippen LogP contribution in [0, 0.1) is 0 Å². The smallest absolute Gasteiger partial charge is 0.276 e. The fourth-order valence-electron chi connectivity index (χ4n) is 2.34. The van der Waals surface area contributed by atoms with E-state index in [0.717, 1.165) is 28.4 Å². The first-order valence-electron chi connectivity index (χ1n) is 7.87. The Hall–Kier alpha value is -2.12. The average Bonchev–Trinajstić information content (AvgIpc) is 3.27. The number of hydrogen-bond acceptors (Lipinski definition) is 6. The largest absolute Gasteiger partial charge is 0.295 e. The summed E-state index contributed by atoms with van der Waals surface area (Å²) in [5.74, 6) is 0.151. The monoisotopic (exact) mass is 358 g/mol. The van der Waals surface area contributed by atoms with Crippen LogP contribution in [0.5, 0.6) is 0 Å². The minimum absolute atomic E-state index is 0.249. The van der Waals surface area contributed by atoms with Crippen molar-refractivity contribution in [2.45, 2.75) is 32.6 Å². The number of nitrogens with one attached hydrogen (secondary N) is 1. The van der Waals surface area contributed by atoms with E-state index in [0.29, 0.717) is 16.7 Å². The molecule has 5 nitrogen and oxygen atoms in total. The number of hydrogen-bond donors (Lipinski definition) is 1. The summed E-state index contributed by atoms with van der Waals surface area (Å²) in [4.78, 5) is 16.8. The number of carbonyl (C=O) groups excluding carboxylic acids is 1. The molecule has 0 unspecified atom stereocenters. The van der Waals surface area contributed by atoms with E-state index >= 15 is 0 Å². The molecule has 124 valence electrons. The summed E-state index contributed by atoms with van der Waals surface area (Å²) in [6.45, 7) is 4.27. The summed E-state index contributed by atoms with van der Waals surface area (Å²) in [7, 11) is 0. The van der Waals surface area contributed by atoms with Gasteiger partial charge in [-0.05, 0) is 12.8 Å². The molecule has 0 bridgehead atoms. The highest BCUT2D eigenvalue weighted by Gasteiger charge is 2.17. The molecule has 0 aliphatic rings. The molecule has 3 rings (SSSR count). The molecule has 1 N–H and O–H groups in total. The zero-order valence-corrected chi connectivity index (χ0v) is 15.2. The van der Waals surface area contributed by atoms with E-state index < -0.39 is 0 Å². The normalized spacial score (nSPS) is 11.0. The van der Waals surface area contributed by atoms with Gasteiger partial charge in [0.1, 0.15) is 15.7 Å². The number of aromatic nitrogens is 3. The first-order valence-corrected chi connectivity index (χ1v) is 9.56. The molecule has 0 saturated carbocycles. The topological polar surface area (TPSA) is 67.8 Å². The van der Waals surface area contributed by atoms with Crippen molar-refractivity contribution in [2.75, 3.05) is 5.32 Å². The number of benzene rings is 1. The van der Waals surface area contributed by atoms with E-state index in [9.17, 15) is 4.79 Å². The Kier molecular flexibility index (Phi) is 5.32.